The first-order valence-corrected chi connectivity index (χ1v) is 8.28. The molecule has 2 heterocycles. The van der Waals surface area contributed by atoms with Crippen LogP contribution in [0.3, 0.4) is 0 Å². The Morgan fingerprint density at radius 3 is 2.71 bits per heavy atom. The highest BCUT2D eigenvalue weighted by Gasteiger charge is 2.07. The average molecular weight is 323 g/mol. The first kappa shape index (κ1) is 16.1. The SMILES string of the molecule is O=C(Nc1ccc(NCCC2=CCCCC2)nn1)c1cccnc1. The molecule has 2 N–H and O–H groups in total. The van der Waals surface area contributed by atoms with E-state index in [4.69, 9.17) is 0 Å². The Hall–Kier alpha value is -2.76. The zero-order valence-electron chi connectivity index (χ0n) is 13.5. The topological polar surface area (TPSA) is 79.8 Å². The first-order chi connectivity index (χ1) is 11.8. The summed E-state index contributed by atoms with van der Waals surface area (Å²) in [6, 6.07) is 6.98. The lowest BCUT2D eigenvalue weighted by atomic mass is 9.97. The standard InChI is InChI=1S/C18H21N5O/c24-18(15-7-4-11-19-13-15)21-17-9-8-16(22-23-17)20-12-10-14-5-2-1-3-6-14/h4-5,7-9,11,13H,1-3,6,10,12H2,(H,20,22)(H,21,23,24). The van der Waals surface area contributed by atoms with Crippen molar-refractivity contribution in [3.63, 3.8) is 0 Å². The number of hydrogen-bond donors (Lipinski definition) is 2. The van der Waals surface area contributed by atoms with Gasteiger partial charge in [0.05, 0.1) is 5.56 Å². The second-order valence-corrected chi connectivity index (χ2v) is 5.78. The molecule has 0 aliphatic heterocycles. The van der Waals surface area contributed by atoms with E-state index in [2.05, 4.69) is 31.9 Å². The number of nitrogens with one attached hydrogen (secondary N) is 2. The maximum absolute atomic E-state index is 12.0. The van der Waals surface area contributed by atoms with Crippen molar-refractivity contribution in [2.45, 2.75) is 32.1 Å². The van der Waals surface area contributed by atoms with E-state index in [-0.39, 0.29) is 5.91 Å². The van der Waals surface area contributed by atoms with Gasteiger partial charge in [0, 0.05) is 18.9 Å². The van der Waals surface area contributed by atoms with E-state index in [9.17, 15) is 4.79 Å². The second-order valence-electron chi connectivity index (χ2n) is 5.78. The van der Waals surface area contributed by atoms with Gasteiger partial charge in [0.15, 0.2) is 5.82 Å². The van der Waals surface area contributed by atoms with Crippen LogP contribution >= 0.6 is 0 Å². The van der Waals surface area contributed by atoms with Crippen molar-refractivity contribution in [2.75, 3.05) is 17.2 Å². The molecule has 1 aliphatic rings. The molecular weight excluding hydrogens is 302 g/mol. The number of nitrogens with zero attached hydrogens (tertiary/aromatic N) is 3. The molecule has 2 aromatic rings. The van der Waals surface area contributed by atoms with Gasteiger partial charge >= 0.3 is 0 Å². The zero-order chi connectivity index (χ0) is 16.6. The van der Waals surface area contributed by atoms with Crippen LogP contribution in [0.4, 0.5) is 11.6 Å². The van der Waals surface area contributed by atoms with Gasteiger partial charge in [0.25, 0.3) is 5.91 Å². The summed E-state index contributed by atoms with van der Waals surface area (Å²) in [5, 5.41) is 14.1. The summed E-state index contributed by atoms with van der Waals surface area (Å²) in [6.45, 7) is 0.849. The highest BCUT2D eigenvalue weighted by molar-refractivity contribution is 6.03. The predicted octanol–water partition coefficient (Wildman–Crippen LogP) is 3.43. The van der Waals surface area contributed by atoms with Gasteiger partial charge in [-0.15, -0.1) is 10.2 Å². The van der Waals surface area contributed by atoms with E-state index in [1.54, 1.807) is 24.4 Å². The minimum atomic E-state index is -0.248. The summed E-state index contributed by atoms with van der Waals surface area (Å²) in [5.41, 5.74) is 2.02. The molecule has 0 fully saturated rings. The maximum Gasteiger partial charge on any atom is 0.258 e. The molecule has 6 heteroatoms. The summed E-state index contributed by atoms with van der Waals surface area (Å²) < 4.78 is 0. The van der Waals surface area contributed by atoms with Crippen LogP contribution in [0.25, 0.3) is 0 Å². The number of amides is 1. The van der Waals surface area contributed by atoms with Gasteiger partial charge in [-0.1, -0.05) is 11.6 Å². The lowest BCUT2D eigenvalue weighted by Crippen LogP contribution is -2.14. The van der Waals surface area contributed by atoms with Crippen LogP contribution in [0.1, 0.15) is 42.5 Å². The third-order valence-corrected chi connectivity index (χ3v) is 3.97. The van der Waals surface area contributed by atoms with Crippen molar-refractivity contribution in [3.8, 4) is 0 Å². The molecule has 3 rings (SSSR count). The molecule has 0 aromatic carbocycles. The van der Waals surface area contributed by atoms with Crippen LogP contribution in [0.2, 0.25) is 0 Å². The number of hydrogen-bond acceptors (Lipinski definition) is 5. The van der Waals surface area contributed by atoms with Crippen LogP contribution < -0.4 is 10.6 Å². The van der Waals surface area contributed by atoms with Gasteiger partial charge in [0.2, 0.25) is 0 Å². The number of allylic oxidation sites excluding steroid dienone is 1. The van der Waals surface area contributed by atoms with Crippen LogP contribution in [0.15, 0.2) is 48.3 Å². The maximum atomic E-state index is 12.0. The molecule has 0 spiro atoms. The third-order valence-electron chi connectivity index (χ3n) is 3.97. The largest absolute Gasteiger partial charge is 0.368 e. The van der Waals surface area contributed by atoms with E-state index >= 15 is 0 Å². The van der Waals surface area contributed by atoms with Crippen molar-refractivity contribution in [3.05, 3.63) is 53.9 Å². The van der Waals surface area contributed by atoms with Crippen molar-refractivity contribution < 1.29 is 4.79 Å². The first-order valence-electron chi connectivity index (χ1n) is 8.28. The molecule has 1 amide bonds. The second kappa shape index (κ2) is 8.19. The number of aromatic nitrogens is 3. The van der Waals surface area contributed by atoms with E-state index in [0.717, 1.165) is 13.0 Å². The molecule has 0 bridgehead atoms. The van der Waals surface area contributed by atoms with Crippen molar-refractivity contribution in [1.29, 1.82) is 0 Å². The molecule has 0 atom stereocenters. The number of rotatable bonds is 6. The quantitative estimate of drug-likeness (QED) is 0.796. The minimum absolute atomic E-state index is 0.248. The van der Waals surface area contributed by atoms with Crippen molar-refractivity contribution in [1.82, 2.24) is 15.2 Å². The minimum Gasteiger partial charge on any atom is -0.368 e. The molecule has 0 radical (unpaired) electrons. The van der Waals surface area contributed by atoms with Crippen LogP contribution in [0.5, 0.6) is 0 Å². The third kappa shape index (κ3) is 4.62. The van der Waals surface area contributed by atoms with Gasteiger partial charge < -0.3 is 10.6 Å². The monoisotopic (exact) mass is 323 g/mol. The van der Waals surface area contributed by atoms with Gasteiger partial charge in [-0.25, -0.2) is 0 Å². The van der Waals surface area contributed by atoms with Crippen molar-refractivity contribution in [2.24, 2.45) is 0 Å². The highest BCUT2D eigenvalue weighted by atomic mass is 16.1. The molecule has 124 valence electrons. The van der Waals surface area contributed by atoms with E-state index in [1.807, 2.05) is 6.07 Å². The highest BCUT2D eigenvalue weighted by Crippen LogP contribution is 2.20. The Morgan fingerprint density at radius 2 is 2.00 bits per heavy atom. The van der Waals surface area contributed by atoms with Crippen molar-refractivity contribution >= 4 is 17.5 Å². The Bertz CT molecular complexity index is 697. The number of anilines is 2. The molecule has 0 unspecified atom stereocenters. The summed E-state index contributed by atoms with van der Waals surface area (Å²) in [4.78, 5) is 15.9. The smallest absolute Gasteiger partial charge is 0.258 e. The number of carbonyl (C=O) groups is 1. The Labute approximate surface area is 141 Å². The summed E-state index contributed by atoms with van der Waals surface area (Å²) in [6.07, 6.45) is 11.6. The van der Waals surface area contributed by atoms with Crippen LogP contribution in [-0.2, 0) is 0 Å². The number of pyridine rings is 1. The van der Waals surface area contributed by atoms with Gasteiger partial charge in [-0.3, -0.25) is 9.78 Å². The number of carbonyl (C=O) groups excluding carboxylic acids is 1. The molecular formula is C18H21N5O. The van der Waals surface area contributed by atoms with E-state index in [0.29, 0.717) is 17.2 Å². The molecule has 0 saturated carbocycles. The normalized spacial score (nSPS) is 13.9. The van der Waals surface area contributed by atoms with E-state index in [1.165, 1.54) is 37.5 Å². The van der Waals surface area contributed by atoms with Gasteiger partial charge in [-0.2, -0.15) is 0 Å². The molecule has 2 aromatic heterocycles. The lowest BCUT2D eigenvalue weighted by Gasteiger charge is -2.13. The molecule has 24 heavy (non-hydrogen) atoms. The summed E-state index contributed by atoms with van der Waals surface area (Å²) in [5.74, 6) is 0.887. The van der Waals surface area contributed by atoms with E-state index < -0.39 is 0 Å². The fourth-order valence-corrected chi connectivity index (χ4v) is 2.66. The molecule has 6 nitrogen and oxygen atoms in total. The Balaban J connectivity index is 1.48. The fraction of sp³-hybridized carbons (Fsp3) is 0.333. The molecule has 0 saturated heterocycles. The average Bonchev–Trinajstić information content (AvgIpc) is 2.65. The van der Waals surface area contributed by atoms with Gasteiger partial charge in [0.1, 0.15) is 5.82 Å². The fourth-order valence-electron chi connectivity index (χ4n) is 2.66. The zero-order valence-corrected chi connectivity index (χ0v) is 13.5. The lowest BCUT2D eigenvalue weighted by molar-refractivity contribution is 0.102. The Kier molecular flexibility index (Phi) is 5.50. The van der Waals surface area contributed by atoms with Gasteiger partial charge in [-0.05, 0) is 56.4 Å². The summed E-state index contributed by atoms with van der Waals surface area (Å²) >= 11 is 0. The Morgan fingerprint density at radius 1 is 1.12 bits per heavy atom. The summed E-state index contributed by atoms with van der Waals surface area (Å²) in [7, 11) is 0. The predicted molar refractivity (Wildman–Crippen MR) is 93.9 cm³/mol. The molecule has 1 aliphatic carbocycles. The van der Waals surface area contributed by atoms with Crippen LogP contribution in [0, 0.1) is 0 Å². The van der Waals surface area contributed by atoms with Crippen LogP contribution in [-0.4, -0.2) is 27.6 Å².